The lowest BCUT2D eigenvalue weighted by Gasteiger charge is -2.05. The van der Waals surface area contributed by atoms with Crippen molar-refractivity contribution in [2.24, 2.45) is 0 Å². The number of halogens is 2. The predicted molar refractivity (Wildman–Crippen MR) is 66.5 cm³/mol. The molecule has 0 aliphatic rings. The van der Waals surface area contributed by atoms with Gasteiger partial charge in [0, 0.05) is 0 Å². The Morgan fingerprint density at radius 3 is 2.67 bits per heavy atom. The van der Waals surface area contributed by atoms with Crippen LogP contribution in [0.2, 0.25) is 5.02 Å². The maximum atomic E-state index is 12.9. The number of hydrogen-bond acceptors (Lipinski definition) is 6. The number of nitrogens with one attached hydrogen (secondary N) is 1. The Kier molecular flexibility index (Phi) is 3.37. The zero-order chi connectivity index (χ0) is 13.3. The first-order valence-electron chi connectivity index (χ1n) is 4.45. The standard InChI is InChI=1S/C8H6ClFN4O2S2/c9-5-3-4(1-2-6(5)10)14-18(15,16)8-13-12-7(11)17-8/h1-3,14H,(H2,11,12). The van der Waals surface area contributed by atoms with Crippen LogP contribution in [0, 0.1) is 5.82 Å². The quantitative estimate of drug-likeness (QED) is 0.899. The second-order valence-electron chi connectivity index (χ2n) is 3.14. The molecule has 0 fully saturated rings. The van der Waals surface area contributed by atoms with Gasteiger partial charge in [0.2, 0.25) is 5.13 Å². The highest BCUT2D eigenvalue weighted by Crippen LogP contribution is 2.23. The Morgan fingerprint density at radius 1 is 1.39 bits per heavy atom. The molecule has 2 aromatic rings. The molecule has 2 rings (SSSR count). The summed E-state index contributed by atoms with van der Waals surface area (Å²) in [5, 5.41) is 6.65. The fourth-order valence-electron chi connectivity index (χ4n) is 1.09. The van der Waals surface area contributed by atoms with Crippen LogP contribution in [0.25, 0.3) is 0 Å². The summed E-state index contributed by atoms with van der Waals surface area (Å²) in [5.74, 6) is -0.639. The molecule has 0 spiro atoms. The lowest BCUT2D eigenvalue weighted by molar-refractivity contribution is 0.599. The van der Waals surface area contributed by atoms with Gasteiger partial charge in [0.05, 0.1) is 10.7 Å². The highest BCUT2D eigenvalue weighted by molar-refractivity contribution is 7.94. The van der Waals surface area contributed by atoms with Gasteiger partial charge in [-0.05, 0) is 18.2 Å². The molecule has 0 bridgehead atoms. The van der Waals surface area contributed by atoms with Gasteiger partial charge in [0.1, 0.15) is 5.82 Å². The summed E-state index contributed by atoms with van der Waals surface area (Å²) >= 11 is 6.26. The van der Waals surface area contributed by atoms with E-state index in [4.69, 9.17) is 17.3 Å². The van der Waals surface area contributed by atoms with Crippen LogP contribution in [0.1, 0.15) is 0 Å². The van der Waals surface area contributed by atoms with Crippen molar-refractivity contribution in [1.29, 1.82) is 0 Å². The molecule has 1 heterocycles. The van der Waals surface area contributed by atoms with Crippen LogP contribution in [-0.2, 0) is 10.0 Å². The smallest absolute Gasteiger partial charge is 0.291 e. The van der Waals surface area contributed by atoms with Gasteiger partial charge < -0.3 is 5.73 Å². The number of hydrogen-bond donors (Lipinski definition) is 2. The number of sulfonamides is 1. The third-order valence-electron chi connectivity index (χ3n) is 1.82. The topological polar surface area (TPSA) is 98.0 Å². The monoisotopic (exact) mass is 308 g/mol. The van der Waals surface area contributed by atoms with E-state index in [0.29, 0.717) is 0 Å². The third-order valence-corrected chi connectivity index (χ3v) is 4.61. The molecular formula is C8H6ClFN4O2S2. The van der Waals surface area contributed by atoms with Gasteiger partial charge in [-0.2, -0.15) is 8.42 Å². The molecule has 1 aromatic carbocycles. The SMILES string of the molecule is Nc1nnc(S(=O)(=O)Nc2ccc(F)c(Cl)c2)s1. The number of nitrogen functional groups attached to an aromatic ring is 1. The largest absolute Gasteiger partial charge is 0.374 e. The normalized spacial score (nSPS) is 11.4. The second kappa shape index (κ2) is 4.67. The average Bonchev–Trinajstić information content (AvgIpc) is 2.71. The lowest BCUT2D eigenvalue weighted by atomic mass is 10.3. The van der Waals surface area contributed by atoms with Crippen LogP contribution >= 0.6 is 22.9 Å². The summed E-state index contributed by atoms with van der Waals surface area (Å²) in [6.07, 6.45) is 0. The van der Waals surface area contributed by atoms with Crippen molar-refractivity contribution in [3.8, 4) is 0 Å². The number of rotatable bonds is 3. The molecule has 0 aliphatic heterocycles. The van der Waals surface area contributed by atoms with E-state index in [1.165, 1.54) is 6.07 Å². The Bertz CT molecular complexity index is 688. The first-order chi connectivity index (χ1) is 8.38. The Balaban J connectivity index is 2.30. The van der Waals surface area contributed by atoms with Crippen molar-refractivity contribution in [1.82, 2.24) is 10.2 Å². The minimum atomic E-state index is -3.89. The molecular weight excluding hydrogens is 303 g/mol. The summed E-state index contributed by atoms with van der Waals surface area (Å²) in [5.41, 5.74) is 5.42. The van der Waals surface area contributed by atoms with E-state index in [-0.39, 0.29) is 20.2 Å². The van der Waals surface area contributed by atoms with E-state index in [2.05, 4.69) is 14.9 Å². The van der Waals surface area contributed by atoms with Crippen molar-refractivity contribution >= 4 is 43.8 Å². The molecule has 18 heavy (non-hydrogen) atoms. The van der Waals surface area contributed by atoms with Crippen molar-refractivity contribution in [3.63, 3.8) is 0 Å². The van der Waals surface area contributed by atoms with Gasteiger partial charge in [0.15, 0.2) is 0 Å². The van der Waals surface area contributed by atoms with Crippen LogP contribution in [0.4, 0.5) is 15.2 Å². The molecule has 6 nitrogen and oxygen atoms in total. The maximum Gasteiger partial charge on any atom is 0.291 e. The number of benzene rings is 1. The summed E-state index contributed by atoms with van der Waals surface area (Å²) in [7, 11) is -3.89. The minimum absolute atomic E-state index is 0.0347. The molecule has 3 N–H and O–H groups in total. The van der Waals surface area contributed by atoms with Gasteiger partial charge in [-0.25, -0.2) is 4.39 Å². The highest BCUT2D eigenvalue weighted by atomic mass is 35.5. The van der Waals surface area contributed by atoms with Crippen LogP contribution in [0.5, 0.6) is 0 Å². The van der Waals surface area contributed by atoms with Gasteiger partial charge in [-0.15, -0.1) is 10.2 Å². The van der Waals surface area contributed by atoms with E-state index < -0.39 is 15.8 Å². The maximum absolute atomic E-state index is 12.9. The second-order valence-corrected chi connectivity index (χ2v) is 6.41. The molecule has 0 radical (unpaired) electrons. The van der Waals surface area contributed by atoms with Crippen LogP contribution < -0.4 is 10.5 Å². The molecule has 0 unspecified atom stereocenters. The van der Waals surface area contributed by atoms with Crippen molar-refractivity contribution in [2.45, 2.75) is 4.34 Å². The van der Waals surface area contributed by atoms with E-state index in [1.54, 1.807) is 0 Å². The molecule has 0 aliphatic carbocycles. The molecule has 0 saturated carbocycles. The van der Waals surface area contributed by atoms with Crippen molar-refractivity contribution in [3.05, 3.63) is 29.0 Å². The van der Waals surface area contributed by atoms with Crippen LogP contribution in [0.3, 0.4) is 0 Å². The highest BCUT2D eigenvalue weighted by Gasteiger charge is 2.20. The van der Waals surface area contributed by atoms with E-state index in [0.717, 1.165) is 23.5 Å². The molecule has 96 valence electrons. The van der Waals surface area contributed by atoms with E-state index in [9.17, 15) is 12.8 Å². The summed E-state index contributed by atoms with van der Waals surface area (Å²) < 4.78 is 38.5. The van der Waals surface area contributed by atoms with E-state index in [1.807, 2.05) is 0 Å². The Hall–Kier alpha value is -1.45. The lowest BCUT2D eigenvalue weighted by Crippen LogP contribution is -2.12. The summed E-state index contributed by atoms with van der Waals surface area (Å²) in [6, 6.07) is 3.44. The first kappa shape index (κ1) is 13.0. The van der Waals surface area contributed by atoms with Crippen molar-refractivity contribution < 1.29 is 12.8 Å². The number of nitrogens with two attached hydrogens (primary N) is 1. The van der Waals surface area contributed by atoms with Gasteiger partial charge in [0.25, 0.3) is 14.4 Å². The summed E-state index contributed by atoms with van der Waals surface area (Å²) in [4.78, 5) is 0. The van der Waals surface area contributed by atoms with E-state index >= 15 is 0 Å². The van der Waals surface area contributed by atoms with Crippen LogP contribution in [0.15, 0.2) is 22.5 Å². The predicted octanol–water partition coefficient (Wildman–Crippen LogP) is 1.71. The molecule has 0 amide bonds. The third kappa shape index (κ3) is 2.68. The molecule has 10 heteroatoms. The zero-order valence-electron chi connectivity index (χ0n) is 8.59. The molecule has 0 saturated heterocycles. The Morgan fingerprint density at radius 2 is 2.11 bits per heavy atom. The molecule has 1 aromatic heterocycles. The fraction of sp³-hybridized carbons (Fsp3) is 0. The molecule has 0 atom stereocenters. The van der Waals surface area contributed by atoms with Crippen LogP contribution in [-0.4, -0.2) is 18.6 Å². The fourth-order valence-corrected chi connectivity index (χ4v) is 3.10. The zero-order valence-corrected chi connectivity index (χ0v) is 11.0. The summed E-state index contributed by atoms with van der Waals surface area (Å²) in [6.45, 7) is 0. The number of anilines is 2. The van der Waals surface area contributed by atoms with Gasteiger partial charge >= 0.3 is 0 Å². The Labute approximate surface area is 111 Å². The van der Waals surface area contributed by atoms with Crippen molar-refractivity contribution in [2.75, 3.05) is 10.5 Å². The first-order valence-corrected chi connectivity index (χ1v) is 7.13. The average molecular weight is 309 g/mol. The van der Waals surface area contributed by atoms with Gasteiger partial charge in [-0.3, -0.25) is 4.72 Å². The number of aromatic nitrogens is 2. The number of nitrogens with zero attached hydrogens (tertiary/aromatic N) is 2. The van der Waals surface area contributed by atoms with Gasteiger partial charge in [-0.1, -0.05) is 22.9 Å². The minimum Gasteiger partial charge on any atom is -0.374 e.